The van der Waals surface area contributed by atoms with E-state index < -0.39 is 5.82 Å². The van der Waals surface area contributed by atoms with Crippen LogP contribution in [0.4, 0.5) is 15.8 Å². The predicted molar refractivity (Wildman–Crippen MR) is 68.4 cm³/mol. The van der Waals surface area contributed by atoms with E-state index in [-0.39, 0.29) is 17.2 Å². The molecule has 1 aromatic carbocycles. The molecule has 19 heavy (non-hydrogen) atoms. The number of hydrogen-bond acceptors (Lipinski definition) is 4. The van der Waals surface area contributed by atoms with Gasteiger partial charge in [-0.3, -0.25) is 4.79 Å². The lowest BCUT2D eigenvalue weighted by atomic mass is 10.1. The molecule has 0 bridgehead atoms. The summed E-state index contributed by atoms with van der Waals surface area (Å²) in [6.07, 6.45) is 1.15. The minimum Gasteiger partial charge on any atom is -0.358 e. The van der Waals surface area contributed by atoms with E-state index in [0.717, 1.165) is 6.20 Å². The lowest BCUT2D eigenvalue weighted by Gasteiger charge is -2.13. The molecular formula is C13H11FN4O. The van der Waals surface area contributed by atoms with E-state index in [2.05, 4.69) is 10.6 Å². The van der Waals surface area contributed by atoms with Crippen LogP contribution in [-0.2, 0) is 4.79 Å². The third kappa shape index (κ3) is 3.83. The average Bonchev–Trinajstić information content (AvgIpc) is 2.34. The zero-order valence-electron chi connectivity index (χ0n) is 10.4. The molecule has 0 unspecified atom stereocenters. The van der Waals surface area contributed by atoms with E-state index in [1.54, 1.807) is 19.1 Å². The van der Waals surface area contributed by atoms with Crippen LogP contribution in [0, 0.1) is 35.4 Å². The van der Waals surface area contributed by atoms with Crippen molar-refractivity contribution in [3.63, 3.8) is 0 Å². The van der Waals surface area contributed by atoms with Crippen molar-refractivity contribution in [2.75, 3.05) is 10.6 Å². The van der Waals surface area contributed by atoms with Crippen molar-refractivity contribution < 1.29 is 9.18 Å². The summed E-state index contributed by atoms with van der Waals surface area (Å²) >= 11 is 0. The first-order chi connectivity index (χ1) is 8.97. The van der Waals surface area contributed by atoms with Gasteiger partial charge in [-0.15, -0.1) is 0 Å². The maximum atomic E-state index is 13.3. The van der Waals surface area contributed by atoms with Gasteiger partial charge in [0.15, 0.2) is 0 Å². The fourth-order valence-corrected chi connectivity index (χ4v) is 1.44. The number of rotatable bonds is 3. The van der Waals surface area contributed by atoms with Crippen molar-refractivity contribution in [3.05, 3.63) is 35.3 Å². The molecule has 5 nitrogen and oxygen atoms in total. The number of aryl methyl sites for hydroxylation is 1. The molecule has 0 aliphatic rings. The van der Waals surface area contributed by atoms with Gasteiger partial charge < -0.3 is 10.6 Å². The highest BCUT2D eigenvalue weighted by Gasteiger charge is 2.09. The summed E-state index contributed by atoms with van der Waals surface area (Å²) in [4.78, 5) is 11.1. The van der Waals surface area contributed by atoms with Crippen LogP contribution in [0.2, 0.25) is 0 Å². The molecule has 0 radical (unpaired) electrons. The Morgan fingerprint density at radius 3 is 2.53 bits per heavy atom. The van der Waals surface area contributed by atoms with Gasteiger partial charge in [0.2, 0.25) is 5.91 Å². The largest absolute Gasteiger partial charge is 0.358 e. The van der Waals surface area contributed by atoms with Gasteiger partial charge in [0, 0.05) is 13.1 Å². The number of nitrogens with zero attached hydrogens (tertiary/aromatic N) is 2. The summed E-state index contributed by atoms with van der Waals surface area (Å²) in [7, 11) is 0. The zero-order valence-corrected chi connectivity index (χ0v) is 10.4. The minimum atomic E-state index is -0.488. The Labute approximate surface area is 110 Å². The third-order valence-corrected chi connectivity index (χ3v) is 2.21. The van der Waals surface area contributed by atoms with E-state index in [9.17, 15) is 9.18 Å². The quantitative estimate of drug-likeness (QED) is 0.815. The average molecular weight is 258 g/mol. The fraction of sp³-hybridized carbons (Fsp3) is 0.154. The van der Waals surface area contributed by atoms with Gasteiger partial charge in [-0.05, 0) is 24.6 Å². The maximum absolute atomic E-state index is 13.3. The standard InChI is InChI=1S/C13H11FN4O/c1-8-3-11(14)4-12(13(8)18-9(2)19)17-7-10(5-15)6-16/h3-4,7,17H,1-2H3,(H,18,19). The van der Waals surface area contributed by atoms with Crippen molar-refractivity contribution in [2.45, 2.75) is 13.8 Å². The molecule has 0 saturated heterocycles. The second-order valence-electron chi connectivity index (χ2n) is 3.75. The van der Waals surface area contributed by atoms with Crippen LogP contribution in [0.3, 0.4) is 0 Å². The topological polar surface area (TPSA) is 88.7 Å². The summed E-state index contributed by atoms with van der Waals surface area (Å²) in [6.45, 7) is 2.97. The minimum absolute atomic E-state index is 0.157. The molecule has 96 valence electrons. The van der Waals surface area contributed by atoms with Crippen molar-refractivity contribution in [2.24, 2.45) is 0 Å². The van der Waals surface area contributed by atoms with Crippen molar-refractivity contribution in [3.8, 4) is 12.1 Å². The lowest BCUT2D eigenvalue weighted by Crippen LogP contribution is -2.10. The molecular weight excluding hydrogens is 247 g/mol. The number of nitriles is 2. The van der Waals surface area contributed by atoms with Gasteiger partial charge in [0.05, 0.1) is 11.4 Å². The van der Waals surface area contributed by atoms with E-state index in [1.165, 1.54) is 19.1 Å². The molecule has 0 saturated carbocycles. The summed E-state index contributed by atoms with van der Waals surface area (Å²) in [5.74, 6) is -0.791. The van der Waals surface area contributed by atoms with Crippen LogP contribution >= 0.6 is 0 Å². The summed E-state index contributed by atoms with van der Waals surface area (Å²) in [6, 6.07) is 5.78. The number of carbonyl (C=O) groups excluding carboxylic acids is 1. The van der Waals surface area contributed by atoms with E-state index in [0.29, 0.717) is 11.3 Å². The number of carbonyl (C=O) groups is 1. The Bertz CT molecular complexity index is 607. The first kappa shape index (κ1) is 14.2. The molecule has 2 N–H and O–H groups in total. The first-order valence-electron chi connectivity index (χ1n) is 5.32. The number of amides is 1. The van der Waals surface area contributed by atoms with Crippen LogP contribution in [0.25, 0.3) is 0 Å². The van der Waals surface area contributed by atoms with Crippen LogP contribution in [-0.4, -0.2) is 5.91 Å². The highest BCUT2D eigenvalue weighted by atomic mass is 19.1. The van der Waals surface area contributed by atoms with E-state index in [1.807, 2.05) is 0 Å². The molecule has 1 amide bonds. The highest BCUT2D eigenvalue weighted by Crippen LogP contribution is 2.27. The number of hydrogen-bond donors (Lipinski definition) is 2. The number of halogens is 1. The van der Waals surface area contributed by atoms with E-state index >= 15 is 0 Å². The highest BCUT2D eigenvalue weighted by molar-refractivity contribution is 5.94. The summed E-state index contributed by atoms with van der Waals surface area (Å²) < 4.78 is 13.3. The van der Waals surface area contributed by atoms with Crippen LogP contribution in [0.15, 0.2) is 23.9 Å². The van der Waals surface area contributed by atoms with Crippen LogP contribution in [0.1, 0.15) is 12.5 Å². The molecule has 0 aliphatic heterocycles. The van der Waals surface area contributed by atoms with Gasteiger partial charge in [0.25, 0.3) is 0 Å². The van der Waals surface area contributed by atoms with Gasteiger partial charge in [-0.1, -0.05) is 0 Å². The van der Waals surface area contributed by atoms with Gasteiger partial charge in [-0.25, -0.2) is 4.39 Å². The predicted octanol–water partition coefficient (Wildman–Crippen LogP) is 2.44. The smallest absolute Gasteiger partial charge is 0.221 e. The normalized spacial score (nSPS) is 8.89. The Kier molecular flexibility index (Phi) is 4.62. The molecule has 0 aromatic heterocycles. The Hall–Kier alpha value is -2.86. The zero-order chi connectivity index (χ0) is 14.4. The summed E-state index contributed by atoms with van der Waals surface area (Å²) in [5.41, 5.74) is 1.05. The number of benzene rings is 1. The molecule has 0 spiro atoms. The van der Waals surface area contributed by atoms with Crippen LogP contribution in [0.5, 0.6) is 0 Å². The Morgan fingerprint density at radius 1 is 1.37 bits per heavy atom. The van der Waals surface area contributed by atoms with Gasteiger partial charge in [0.1, 0.15) is 23.5 Å². The molecule has 1 aromatic rings. The van der Waals surface area contributed by atoms with Crippen molar-refractivity contribution in [1.29, 1.82) is 10.5 Å². The number of anilines is 2. The monoisotopic (exact) mass is 258 g/mol. The maximum Gasteiger partial charge on any atom is 0.221 e. The Morgan fingerprint density at radius 2 is 2.00 bits per heavy atom. The first-order valence-corrected chi connectivity index (χ1v) is 5.32. The molecule has 6 heteroatoms. The van der Waals surface area contributed by atoms with Gasteiger partial charge in [-0.2, -0.15) is 10.5 Å². The summed E-state index contributed by atoms with van der Waals surface area (Å²) in [5, 5.41) is 22.4. The number of allylic oxidation sites excluding steroid dienone is 1. The molecule has 0 aliphatic carbocycles. The molecule has 1 rings (SSSR count). The second-order valence-corrected chi connectivity index (χ2v) is 3.75. The number of nitrogens with one attached hydrogen (secondary N) is 2. The lowest BCUT2D eigenvalue weighted by molar-refractivity contribution is -0.114. The molecule has 0 fully saturated rings. The molecule has 0 heterocycles. The SMILES string of the molecule is CC(=O)Nc1c(C)cc(F)cc1NC=C(C#N)C#N. The van der Waals surface area contributed by atoms with Crippen LogP contribution < -0.4 is 10.6 Å². The fourth-order valence-electron chi connectivity index (χ4n) is 1.44. The van der Waals surface area contributed by atoms with Crippen molar-refractivity contribution in [1.82, 2.24) is 0 Å². The second kappa shape index (κ2) is 6.18. The molecule has 0 atom stereocenters. The van der Waals surface area contributed by atoms with Crippen molar-refractivity contribution >= 4 is 17.3 Å². The Balaban J connectivity index is 3.19. The van der Waals surface area contributed by atoms with E-state index in [4.69, 9.17) is 10.5 Å². The van der Waals surface area contributed by atoms with Gasteiger partial charge >= 0.3 is 0 Å². The third-order valence-electron chi connectivity index (χ3n) is 2.21.